The van der Waals surface area contributed by atoms with E-state index >= 15 is 0 Å². The van der Waals surface area contributed by atoms with Gasteiger partial charge in [-0.05, 0) is 25.2 Å². The van der Waals surface area contributed by atoms with Gasteiger partial charge in [0.2, 0.25) is 0 Å². The SMILES string of the molecule is CCC1CCC(=O)C(CCOCCOC)C1. The van der Waals surface area contributed by atoms with Crippen LogP contribution in [0.25, 0.3) is 0 Å². The second-order valence-corrected chi connectivity index (χ2v) is 4.61. The molecule has 0 radical (unpaired) electrons. The lowest BCUT2D eigenvalue weighted by Crippen LogP contribution is -2.26. The predicted octanol–water partition coefficient (Wildman–Crippen LogP) is 2.43. The van der Waals surface area contributed by atoms with Crippen molar-refractivity contribution in [3.63, 3.8) is 0 Å². The van der Waals surface area contributed by atoms with E-state index in [1.807, 2.05) is 0 Å². The van der Waals surface area contributed by atoms with Crippen molar-refractivity contribution in [1.82, 2.24) is 0 Å². The van der Waals surface area contributed by atoms with E-state index in [1.165, 1.54) is 6.42 Å². The summed E-state index contributed by atoms with van der Waals surface area (Å²) in [5.74, 6) is 1.45. The normalized spacial score (nSPS) is 26.0. The van der Waals surface area contributed by atoms with Gasteiger partial charge in [0.15, 0.2) is 0 Å². The van der Waals surface area contributed by atoms with Crippen LogP contribution in [0.3, 0.4) is 0 Å². The maximum Gasteiger partial charge on any atom is 0.136 e. The molecular weight excluding hydrogens is 204 g/mol. The first kappa shape index (κ1) is 13.7. The van der Waals surface area contributed by atoms with E-state index in [9.17, 15) is 4.79 Å². The summed E-state index contributed by atoms with van der Waals surface area (Å²) in [7, 11) is 1.67. The highest BCUT2D eigenvalue weighted by Crippen LogP contribution is 2.30. The van der Waals surface area contributed by atoms with Crippen molar-refractivity contribution in [2.45, 2.75) is 39.0 Å². The quantitative estimate of drug-likeness (QED) is 0.628. The van der Waals surface area contributed by atoms with Crippen LogP contribution in [0.2, 0.25) is 0 Å². The average molecular weight is 228 g/mol. The Balaban J connectivity index is 2.16. The fourth-order valence-electron chi connectivity index (χ4n) is 2.32. The Kier molecular flexibility index (Phi) is 6.65. The number of carbonyl (C=O) groups is 1. The predicted molar refractivity (Wildman–Crippen MR) is 63.4 cm³/mol. The van der Waals surface area contributed by atoms with Gasteiger partial charge in [-0.1, -0.05) is 13.3 Å². The molecule has 0 saturated heterocycles. The molecule has 0 amide bonds. The molecule has 2 atom stereocenters. The Morgan fingerprint density at radius 3 is 2.81 bits per heavy atom. The van der Waals surface area contributed by atoms with Gasteiger partial charge in [0.05, 0.1) is 13.2 Å². The summed E-state index contributed by atoms with van der Waals surface area (Å²) >= 11 is 0. The number of Topliss-reactive ketones (excluding diaryl/α,β-unsaturated/α-hetero) is 1. The van der Waals surface area contributed by atoms with Gasteiger partial charge < -0.3 is 9.47 Å². The van der Waals surface area contributed by atoms with Crippen LogP contribution in [0.15, 0.2) is 0 Å². The lowest BCUT2D eigenvalue weighted by atomic mass is 9.78. The number of rotatable bonds is 7. The third kappa shape index (κ3) is 4.62. The maximum absolute atomic E-state index is 11.7. The second kappa shape index (κ2) is 7.80. The Labute approximate surface area is 98.5 Å². The summed E-state index contributed by atoms with van der Waals surface area (Å²) < 4.78 is 10.3. The zero-order valence-corrected chi connectivity index (χ0v) is 10.5. The van der Waals surface area contributed by atoms with Crippen LogP contribution in [0.1, 0.15) is 39.0 Å². The highest BCUT2D eigenvalue weighted by Gasteiger charge is 2.27. The van der Waals surface area contributed by atoms with Gasteiger partial charge in [-0.2, -0.15) is 0 Å². The van der Waals surface area contributed by atoms with Crippen LogP contribution in [0.4, 0.5) is 0 Å². The first-order valence-corrected chi connectivity index (χ1v) is 6.37. The van der Waals surface area contributed by atoms with Gasteiger partial charge in [0, 0.05) is 26.1 Å². The van der Waals surface area contributed by atoms with Gasteiger partial charge >= 0.3 is 0 Å². The smallest absolute Gasteiger partial charge is 0.136 e. The molecule has 2 unspecified atom stereocenters. The second-order valence-electron chi connectivity index (χ2n) is 4.61. The largest absolute Gasteiger partial charge is 0.382 e. The first-order valence-electron chi connectivity index (χ1n) is 6.37. The summed E-state index contributed by atoms with van der Waals surface area (Å²) in [4.78, 5) is 11.7. The molecule has 0 aliphatic heterocycles. The monoisotopic (exact) mass is 228 g/mol. The minimum absolute atomic E-state index is 0.251. The van der Waals surface area contributed by atoms with Gasteiger partial charge in [-0.15, -0.1) is 0 Å². The third-order valence-electron chi connectivity index (χ3n) is 3.49. The maximum atomic E-state index is 11.7. The molecule has 1 aliphatic rings. The van der Waals surface area contributed by atoms with Crippen molar-refractivity contribution in [3.8, 4) is 0 Å². The van der Waals surface area contributed by atoms with Gasteiger partial charge in [0.1, 0.15) is 5.78 Å². The van der Waals surface area contributed by atoms with Crippen LogP contribution in [-0.4, -0.2) is 32.7 Å². The molecule has 1 rings (SSSR count). The Morgan fingerprint density at radius 1 is 1.31 bits per heavy atom. The first-order chi connectivity index (χ1) is 7.77. The minimum atomic E-state index is 0.251. The van der Waals surface area contributed by atoms with Gasteiger partial charge in [-0.25, -0.2) is 0 Å². The van der Waals surface area contributed by atoms with E-state index in [1.54, 1.807) is 7.11 Å². The average Bonchev–Trinajstić information content (AvgIpc) is 2.31. The third-order valence-corrected chi connectivity index (χ3v) is 3.49. The molecule has 1 fully saturated rings. The molecule has 1 saturated carbocycles. The van der Waals surface area contributed by atoms with Gasteiger partial charge in [-0.3, -0.25) is 4.79 Å². The van der Waals surface area contributed by atoms with Crippen molar-refractivity contribution < 1.29 is 14.3 Å². The molecule has 94 valence electrons. The van der Waals surface area contributed by atoms with Crippen molar-refractivity contribution in [2.24, 2.45) is 11.8 Å². The molecule has 0 aromatic rings. The molecule has 0 aromatic heterocycles. The van der Waals surface area contributed by atoms with E-state index in [2.05, 4.69) is 6.92 Å². The number of carbonyl (C=O) groups excluding carboxylic acids is 1. The number of ether oxygens (including phenoxy) is 2. The zero-order chi connectivity index (χ0) is 11.8. The zero-order valence-electron chi connectivity index (χ0n) is 10.5. The van der Waals surface area contributed by atoms with Crippen LogP contribution >= 0.6 is 0 Å². The summed E-state index contributed by atoms with van der Waals surface area (Å²) in [6, 6.07) is 0. The standard InChI is InChI=1S/C13H24O3/c1-3-11-4-5-13(14)12(10-11)6-7-16-9-8-15-2/h11-12H,3-10H2,1-2H3. The summed E-state index contributed by atoms with van der Waals surface area (Å²) in [6.45, 7) is 4.17. The molecule has 0 bridgehead atoms. The highest BCUT2D eigenvalue weighted by atomic mass is 16.5. The lowest BCUT2D eigenvalue weighted by molar-refractivity contribution is -0.126. The van der Waals surface area contributed by atoms with Crippen molar-refractivity contribution in [2.75, 3.05) is 26.9 Å². The highest BCUT2D eigenvalue weighted by molar-refractivity contribution is 5.81. The lowest BCUT2D eigenvalue weighted by Gasteiger charge is -2.27. The minimum Gasteiger partial charge on any atom is -0.382 e. The van der Waals surface area contributed by atoms with Gasteiger partial charge in [0.25, 0.3) is 0 Å². The molecule has 0 N–H and O–H groups in total. The van der Waals surface area contributed by atoms with E-state index in [4.69, 9.17) is 9.47 Å². The molecule has 0 heterocycles. The molecular formula is C13H24O3. The van der Waals surface area contributed by atoms with Crippen LogP contribution in [-0.2, 0) is 14.3 Å². The Bertz CT molecular complexity index is 203. The van der Waals surface area contributed by atoms with E-state index in [-0.39, 0.29) is 5.92 Å². The molecule has 3 heteroatoms. The van der Waals surface area contributed by atoms with Crippen molar-refractivity contribution in [1.29, 1.82) is 0 Å². The van der Waals surface area contributed by atoms with Crippen LogP contribution < -0.4 is 0 Å². The topological polar surface area (TPSA) is 35.5 Å². The fourth-order valence-corrected chi connectivity index (χ4v) is 2.32. The van der Waals surface area contributed by atoms with E-state index in [0.717, 1.165) is 31.6 Å². The Morgan fingerprint density at radius 2 is 2.12 bits per heavy atom. The van der Waals surface area contributed by atoms with Crippen LogP contribution in [0.5, 0.6) is 0 Å². The molecule has 16 heavy (non-hydrogen) atoms. The fraction of sp³-hybridized carbons (Fsp3) is 0.923. The van der Waals surface area contributed by atoms with Crippen LogP contribution in [0, 0.1) is 11.8 Å². The van der Waals surface area contributed by atoms with E-state index < -0.39 is 0 Å². The number of ketones is 1. The summed E-state index contributed by atoms with van der Waals surface area (Å²) in [5.41, 5.74) is 0. The Hall–Kier alpha value is -0.410. The number of hydrogen-bond donors (Lipinski definition) is 0. The van der Waals surface area contributed by atoms with Crippen molar-refractivity contribution >= 4 is 5.78 Å². The number of methoxy groups -OCH3 is 1. The summed E-state index contributed by atoms with van der Waals surface area (Å²) in [5, 5.41) is 0. The number of hydrogen-bond acceptors (Lipinski definition) is 3. The summed E-state index contributed by atoms with van der Waals surface area (Å²) in [6.07, 6.45) is 5.04. The molecule has 0 aromatic carbocycles. The van der Waals surface area contributed by atoms with Crippen molar-refractivity contribution in [3.05, 3.63) is 0 Å². The van der Waals surface area contributed by atoms with E-state index in [0.29, 0.717) is 25.6 Å². The molecule has 1 aliphatic carbocycles. The molecule has 0 spiro atoms. The molecule has 3 nitrogen and oxygen atoms in total.